The molecule has 0 bridgehead atoms. The number of ether oxygens (including phenoxy) is 3. The largest absolute Gasteiger partial charge is 0.490 e. The van der Waals surface area contributed by atoms with Crippen molar-refractivity contribution in [2.45, 2.75) is 63.0 Å². The SMILES string of the molecule is Cc1ccc(S(=O)(=O)N2C[C@@]3(CCCN(CC(=O)Nc4ccc5c(c4)OCCCO5)C3)OC[C@@H]2CC(C)C)cc1. The molecule has 3 aliphatic rings. The van der Waals surface area contributed by atoms with Gasteiger partial charge in [-0.05, 0) is 62.9 Å². The van der Waals surface area contributed by atoms with Crippen molar-refractivity contribution in [3.63, 3.8) is 0 Å². The number of likely N-dealkylation sites (tertiary alicyclic amines) is 1. The summed E-state index contributed by atoms with van der Waals surface area (Å²) >= 11 is 0. The first kappa shape index (κ1) is 28.9. The number of sulfonamides is 1. The maximum atomic E-state index is 13.9. The molecule has 1 N–H and O–H groups in total. The van der Waals surface area contributed by atoms with E-state index in [-0.39, 0.29) is 25.0 Å². The number of hydrogen-bond acceptors (Lipinski definition) is 7. The van der Waals surface area contributed by atoms with Gasteiger partial charge in [0, 0.05) is 37.3 Å². The van der Waals surface area contributed by atoms with Gasteiger partial charge >= 0.3 is 0 Å². The fraction of sp³-hybridized carbons (Fsp3) is 0.567. The Balaban J connectivity index is 1.28. The molecule has 40 heavy (non-hydrogen) atoms. The molecule has 218 valence electrons. The Kier molecular flexibility index (Phi) is 8.70. The molecule has 2 aromatic rings. The van der Waals surface area contributed by atoms with Gasteiger partial charge in [0.05, 0.1) is 36.9 Å². The van der Waals surface area contributed by atoms with Gasteiger partial charge in [-0.2, -0.15) is 4.31 Å². The van der Waals surface area contributed by atoms with Crippen molar-refractivity contribution in [2.75, 3.05) is 51.3 Å². The normalized spacial score (nSPS) is 24.1. The molecule has 2 fully saturated rings. The third kappa shape index (κ3) is 6.62. The first-order chi connectivity index (χ1) is 19.1. The molecule has 0 unspecified atom stereocenters. The molecule has 2 aromatic carbocycles. The van der Waals surface area contributed by atoms with E-state index in [0.717, 1.165) is 37.8 Å². The Morgan fingerprint density at radius 3 is 2.55 bits per heavy atom. The summed E-state index contributed by atoms with van der Waals surface area (Å²) in [6, 6.07) is 12.3. The second-order valence-corrected chi connectivity index (χ2v) is 13.6. The van der Waals surface area contributed by atoms with Gasteiger partial charge < -0.3 is 19.5 Å². The number of carbonyl (C=O) groups is 1. The zero-order chi connectivity index (χ0) is 28.3. The summed E-state index contributed by atoms with van der Waals surface area (Å²) in [5, 5.41) is 2.98. The van der Waals surface area contributed by atoms with Gasteiger partial charge in [-0.1, -0.05) is 31.5 Å². The summed E-state index contributed by atoms with van der Waals surface area (Å²) in [6.45, 7) is 9.41. The summed E-state index contributed by atoms with van der Waals surface area (Å²) in [5.74, 6) is 1.51. The van der Waals surface area contributed by atoms with Crippen molar-refractivity contribution >= 4 is 21.6 Å². The highest BCUT2D eigenvalue weighted by molar-refractivity contribution is 7.89. The van der Waals surface area contributed by atoms with Crippen LogP contribution in [0, 0.1) is 12.8 Å². The van der Waals surface area contributed by atoms with E-state index < -0.39 is 15.6 Å². The lowest BCUT2D eigenvalue weighted by Gasteiger charge is -2.50. The molecule has 1 spiro atoms. The van der Waals surface area contributed by atoms with Crippen LogP contribution in [-0.2, 0) is 19.6 Å². The van der Waals surface area contributed by atoms with Crippen LogP contribution in [0.3, 0.4) is 0 Å². The molecule has 9 nitrogen and oxygen atoms in total. The second-order valence-electron chi connectivity index (χ2n) is 11.7. The van der Waals surface area contributed by atoms with Crippen LogP contribution in [0.5, 0.6) is 11.5 Å². The van der Waals surface area contributed by atoms with Crippen LogP contribution in [0.15, 0.2) is 47.4 Å². The van der Waals surface area contributed by atoms with Crippen molar-refractivity contribution in [2.24, 2.45) is 5.92 Å². The van der Waals surface area contributed by atoms with E-state index in [9.17, 15) is 13.2 Å². The van der Waals surface area contributed by atoms with Gasteiger partial charge in [0.1, 0.15) is 0 Å². The number of benzene rings is 2. The number of nitrogens with zero attached hydrogens (tertiary/aromatic N) is 2. The Bertz CT molecular complexity index is 1300. The van der Waals surface area contributed by atoms with Crippen LogP contribution in [0.25, 0.3) is 0 Å². The van der Waals surface area contributed by atoms with Gasteiger partial charge in [-0.3, -0.25) is 9.69 Å². The van der Waals surface area contributed by atoms with Crippen LogP contribution in [0.2, 0.25) is 0 Å². The van der Waals surface area contributed by atoms with E-state index >= 15 is 0 Å². The van der Waals surface area contributed by atoms with E-state index in [0.29, 0.717) is 54.4 Å². The molecular weight excluding hydrogens is 530 g/mol. The maximum absolute atomic E-state index is 13.9. The quantitative estimate of drug-likeness (QED) is 0.535. The predicted octanol–water partition coefficient (Wildman–Crippen LogP) is 4.07. The Labute approximate surface area is 237 Å². The third-order valence-electron chi connectivity index (χ3n) is 7.82. The molecule has 3 aliphatic heterocycles. The van der Waals surface area contributed by atoms with Gasteiger partial charge in [-0.15, -0.1) is 0 Å². The molecule has 3 heterocycles. The number of carbonyl (C=O) groups excluding carboxylic acids is 1. The zero-order valence-electron chi connectivity index (χ0n) is 23.7. The summed E-state index contributed by atoms with van der Waals surface area (Å²) in [7, 11) is -3.71. The summed E-state index contributed by atoms with van der Waals surface area (Å²) in [5.41, 5.74) is 1.02. The highest BCUT2D eigenvalue weighted by atomic mass is 32.2. The summed E-state index contributed by atoms with van der Waals surface area (Å²) in [4.78, 5) is 15.4. The van der Waals surface area contributed by atoms with Crippen molar-refractivity contribution in [3.8, 4) is 11.5 Å². The molecule has 2 atom stereocenters. The number of nitrogens with one attached hydrogen (secondary N) is 1. The summed E-state index contributed by atoms with van der Waals surface area (Å²) in [6.07, 6.45) is 3.12. The molecule has 0 saturated carbocycles. The predicted molar refractivity (Wildman–Crippen MR) is 153 cm³/mol. The molecule has 0 radical (unpaired) electrons. The number of amides is 1. The van der Waals surface area contributed by atoms with Crippen molar-refractivity contribution < 1.29 is 27.4 Å². The highest BCUT2D eigenvalue weighted by Gasteiger charge is 2.47. The fourth-order valence-electron chi connectivity index (χ4n) is 5.89. The lowest BCUT2D eigenvalue weighted by molar-refractivity contribution is -0.146. The molecule has 0 aromatic heterocycles. The lowest BCUT2D eigenvalue weighted by Crippen LogP contribution is -2.64. The van der Waals surface area contributed by atoms with Gasteiger partial charge in [0.15, 0.2) is 11.5 Å². The van der Waals surface area contributed by atoms with Crippen LogP contribution >= 0.6 is 0 Å². The maximum Gasteiger partial charge on any atom is 0.243 e. The molecule has 1 amide bonds. The van der Waals surface area contributed by atoms with E-state index in [2.05, 4.69) is 24.1 Å². The van der Waals surface area contributed by atoms with Gasteiger partial charge in [0.2, 0.25) is 15.9 Å². The van der Waals surface area contributed by atoms with Crippen LogP contribution in [-0.4, -0.2) is 81.2 Å². The van der Waals surface area contributed by atoms with E-state index in [4.69, 9.17) is 14.2 Å². The Morgan fingerprint density at radius 1 is 1.05 bits per heavy atom. The highest BCUT2D eigenvalue weighted by Crippen LogP contribution is 2.36. The van der Waals surface area contributed by atoms with Gasteiger partial charge in [-0.25, -0.2) is 8.42 Å². The molecule has 10 heteroatoms. The minimum Gasteiger partial charge on any atom is -0.490 e. The van der Waals surface area contributed by atoms with Crippen LogP contribution in [0.1, 0.15) is 45.1 Å². The number of aryl methyl sites for hydroxylation is 1. The van der Waals surface area contributed by atoms with Crippen LogP contribution < -0.4 is 14.8 Å². The summed E-state index contributed by atoms with van der Waals surface area (Å²) < 4.78 is 47.3. The number of hydrogen-bond donors (Lipinski definition) is 1. The smallest absolute Gasteiger partial charge is 0.243 e. The number of morpholine rings is 1. The third-order valence-corrected chi connectivity index (χ3v) is 9.73. The first-order valence-corrected chi connectivity index (χ1v) is 15.7. The molecule has 5 rings (SSSR count). The van der Waals surface area contributed by atoms with Crippen molar-refractivity contribution in [1.29, 1.82) is 0 Å². The van der Waals surface area contributed by atoms with Crippen LogP contribution in [0.4, 0.5) is 5.69 Å². The molecule has 0 aliphatic carbocycles. The lowest BCUT2D eigenvalue weighted by atomic mass is 9.89. The number of piperidine rings is 1. The minimum atomic E-state index is -3.71. The van der Waals surface area contributed by atoms with E-state index in [1.54, 1.807) is 22.5 Å². The topological polar surface area (TPSA) is 97.4 Å². The Morgan fingerprint density at radius 2 is 1.80 bits per heavy atom. The standard InChI is InChI=1S/C30H41N3O6S/c1-22(2)16-25-19-39-30(21-33(25)40(35,36)26-9-6-23(3)7-10-26)12-4-13-32(20-30)18-29(34)31-24-8-11-27-28(17-24)38-15-5-14-37-27/h6-11,17,22,25H,4-5,12-16,18-21H2,1-3H3,(H,31,34)/t25-,30-/m0/s1. The van der Waals surface area contributed by atoms with E-state index in [1.807, 2.05) is 31.2 Å². The average molecular weight is 572 g/mol. The minimum absolute atomic E-state index is 0.135. The number of anilines is 1. The zero-order valence-corrected chi connectivity index (χ0v) is 24.5. The number of rotatable bonds is 7. The monoisotopic (exact) mass is 571 g/mol. The molecular formula is C30H41N3O6S. The average Bonchev–Trinajstić information content (AvgIpc) is 3.15. The van der Waals surface area contributed by atoms with E-state index in [1.165, 1.54) is 0 Å². The second kappa shape index (κ2) is 12.1. The number of fused-ring (bicyclic) bond motifs is 1. The molecule has 2 saturated heterocycles. The van der Waals surface area contributed by atoms with Crippen molar-refractivity contribution in [3.05, 3.63) is 48.0 Å². The van der Waals surface area contributed by atoms with Crippen molar-refractivity contribution in [1.82, 2.24) is 9.21 Å². The first-order valence-electron chi connectivity index (χ1n) is 14.3. The Hall–Kier alpha value is -2.66. The van der Waals surface area contributed by atoms with Gasteiger partial charge in [0.25, 0.3) is 0 Å². The fourth-order valence-corrected chi connectivity index (χ4v) is 7.58.